The first-order valence-corrected chi connectivity index (χ1v) is 5.11. The molecule has 0 saturated carbocycles. The summed E-state index contributed by atoms with van der Waals surface area (Å²) in [6.07, 6.45) is 2.64. The Morgan fingerprint density at radius 3 is 3.00 bits per heavy atom. The number of hydrogen-bond donors (Lipinski definition) is 2. The molecule has 0 aliphatic heterocycles. The normalized spacial score (nSPS) is 12.2. The number of aromatic nitrogens is 1. The lowest BCUT2D eigenvalue weighted by molar-refractivity contribution is -0.122. The fourth-order valence-electron chi connectivity index (χ4n) is 1.28. The van der Waals surface area contributed by atoms with Crippen molar-refractivity contribution >= 4 is 5.91 Å². The molecule has 1 unspecified atom stereocenters. The molecule has 1 heterocycles. The van der Waals surface area contributed by atoms with Gasteiger partial charge in [-0.3, -0.25) is 9.78 Å². The summed E-state index contributed by atoms with van der Waals surface area (Å²) < 4.78 is 0. The zero-order chi connectivity index (χ0) is 11.3. The highest BCUT2D eigenvalue weighted by Crippen LogP contribution is 2.05. The highest BCUT2D eigenvalue weighted by atomic mass is 16.2. The molecule has 4 heteroatoms. The Kier molecular flexibility index (Phi) is 4.24. The van der Waals surface area contributed by atoms with Crippen molar-refractivity contribution in [2.24, 2.45) is 5.73 Å². The number of carbonyl (C=O) groups is 1. The minimum Gasteiger partial charge on any atom is -0.349 e. The van der Waals surface area contributed by atoms with Gasteiger partial charge in [0.1, 0.15) is 0 Å². The van der Waals surface area contributed by atoms with Crippen molar-refractivity contribution < 1.29 is 4.79 Å². The lowest BCUT2D eigenvalue weighted by Crippen LogP contribution is -2.38. The molecule has 0 fully saturated rings. The molecule has 0 saturated heterocycles. The summed E-state index contributed by atoms with van der Waals surface area (Å²) in [5.41, 5.74) is 7.50. The minimum atomic E-state index is -0.473. The average molecular weight is 207 g/mol. The van der Waals surface area contributed by atoms with Gasteiger partial charge in [0.25, 0.3) is 0 Å². The molecule has 3 N–H and O–H groups in total. The van der Waals surface area contributed by atoms with Gasteiger partial charge in [-0.2, -0.15) is 0 Å². The molecule has 0 radical (unpaired) electrons. The second-order valence-corrected chi connectivity index (χ2v) is 3.47. The molecule has 0 aliphatic carbocycles. The van der Waals surface area contributed by atoms with Gasteiger partial charge < -0.3 is 11.1 Å². The van der Waals surface area contributed by atoms with Crippen LogP contribution in [0.1, 0.15) is 25.1 Å². The standard InChI is InChI=1S/C11H17N3O/c1-3-9-5-4-6-13-10(9)7-14-11(15)8(2)12/h4-6,8H,3,7,12H2,1-2H3,(H,14,15). The number of nitrogens with zero attached hydrogens (tertiary/aromatic N) is 1. The van der Waals surface area contributed by atoms with Crippen molar-refractivity contribution in [1.82, 2.24) is 10.3 Å². The van der Waals surface area contributed by atoms with Crippen molar-refractivity contribution in [3.8, 4) is 0 Å². The number of aryl methyl sites for hydroxylation is 1. The fraction of sp³-hybridized carbons (Fsp3) is 0.455. The number of rotatable bonds is 4. The van der Waals surface area contributed by atoms with Gasteiger partial charge in [-0.1, -0.05) is 13.0 Å². The number of hydrogen-bond acceptors (Lipinski definition) is 3. The molecule has 82 valence electrons. The summed E-state index contributed by atoms with van der Waals surface area (Å²) >= 11 is 0. The number of nitrogens with one attached hydrogen (secondary N) is 1. The minimum absolute atomic E-state index is 0.150. The summed E-state index contributed by atoms with van der Waals surface area (Å²) in [5, 5.41) is 2.75. The van der Waals surface area contributed by atoms with Crippen LogP contribution >= 0.6 is 0 Å². The molecule has 1 aromatic rings. The Balaban J connectivity index is 2.61. The summed E-state index contributed by atoms with van der Waals surface area (Å²) in [4.78, 5) is 15.5. The maximum Gasteiger partial charge on any atom is 0.236 e. The number of nitrogens with two attached hydrogens (primary N) is 1. The van der Waals surface area contributed by atoms with Crippen molar-refractivity contribution in [3.05, 3.63) is 29.6 Å². The molecular weight excluding hydrogens is 190 g/mol. The van der Waals surface area contributed by atoms with Crippen molar-refractivity contribution in [1.29, 1.82) is 0 Å². The average Bonchev–Trinajstić information content (AvgIpc) is 2.26. The van der Waals surface area contributed by atoms with Crippen LogP contribution in [0, 0.1) is 0 Å². The van der Waals surface area contributed by atoms with Gasteiger partial charge in [-0.15, -0.1) is 0 Å². The number of amides is 1. The van der Waals surface area contributed by atoms with Gasteiger partial charge in [0.05, 0.1) is 18.3 Å². The second kappa shape index (κ2) is 5.46. The van der Waals surface area contributed by atoms with E-state index >= 15 is 0 Å². The molecule has 0 spiro atoms. The third kappa shape index (κ3) is 3.32. The summed E-state index contributed by atoms with van der Waals surface area (Å²) in [6, 6.07) is 3.44. The van der Waals surface area contributed by atoms with Crippen molar-refractivity contribution in [3.63, 3.8) is 0 Å². The van der Waals surface area contributed by atoms with E-state index in [1.807, 2.05) is 12.1 Å². The Morgan fingerprint density at radius 1 is 1.67 bits per heavy atom. The SMILES string of the molecule is CCc1cccnc1CNC(=O)C(C)N. The highest BCUT2D eigenvalue weighted by molar-refractivity contribution is 5.80. The van der Waals surface area contributed by atoms with Crippen LogP contribution in [0.25, 0.3) is 0 Å². The van der Waals surface area contributed by atoms with Crippen molar-refractivity contribution in [2.45, 2.75) is 32.9 Å². The Hall–Kier alpha value is -1.42. The third-order valence-corrected chi connectivity index (χ3v) is 2.21. The summed E-state index contributed by atoms with van der Waals surface area (Å²) in [6.45, 7) is 4.17. The summed E-state index contributed by atoms with van der Waals surface area (Å²) in [7, 11) is 0. The predicted octanol–water partition coefficient (Wildman–Crippen LogP) is 0.607. The van der Waals surface area contributed by atoms with Crippen molar-refractivity contribution in [2.75, 3.05) is 0 Å². The van der Waals surface area contributed by atoms with E-state index in [9.17, 15) is 4.79 Å². The van der Waals surface area contributed by atoms with Gasteiger partial charge in [-0.05, 0) is 25.0 Å². The van der Waals surface area contributed by atoms with Crippen LogP contribution in [0.2, 0.25) is 0 Å². The smallest absolute Gasteiger partial charge is 0.236 e. The van der Waals surface area contributed by atoms with Crippen LogP contribution in [0.3, 0.4) is 0 Å². The van der Waals surface area contributed by atoms with Crippen LogP contribution in [-0.2, 0) is 17.8 Å². The Morgan fingerprint density at radius 2 is 2.40 bits per heavy atom. The van der Waals surface area contributed by atoms with Crippen LogP contribution in [0.5, 0.6) is 0 Å². The molecule has 4 nitrogen and oxygen atoms in total. The van der Waals surface area contributed by atoms with Crippen LogP contribution in [0.4, 0.5) is 0 Å². The van der Waals surface area contributed by atoms with Gasteiger partial charge in [-0.25, -0.2) is 0 Å². The predicted molar refractivity (Wildman–Crippen MR) is 59.1 cm³/mol. The van der Waals surface area contributed by atoms with Gasteiger partial charge in [0, 0.05) is 6.20 Å². The van der Waals surface area contributed by atoms with Crippen LogP contribution in [0.15, 0.2) is 18.3 Å². The lowest BCUT2D eigenvalue weighted by atomic mass is 10.1. The zero-order valence-corrected chi connectivity index (χ0v) is 9.16. The van der Waals surface area contributed by atoms with Gasteiger partial charge in [0.15, 0.2) is 0 Å². The molecule has 0 aliphatic rings. The molecule has 0 aromatic carbocycles. The summed E-state index contributed by atoms with van der Waals surface area (Å²) in [5.74, 6) is -0.150. The fourth-order valence-corrected chi connectivity index (χ4v) is 1.28. The quantitative estimate of drug-likeness (QED) is 0.760. The Labute approximate surface area is 89.9 Å². The van der Waals surface area contributed by atoms with Crippen LogP contribution in [-0.4, -0.2) is 16.9 Å². The molecule has 1 rings (SSSR count). The highest BCUT2D eigenvalue weighted by Gasteiger charge is 2.08. The van der Waals surface area contributed by atoms with Gasteiger partial charge in [0.2, 0.25) is 5.91 Å². The monoisotopic (exact) mass is 207 g/mol. The van der Waals surface area contributed by atoms with E-state index < -0.39 is 6.04 Å². The molecular formula is C11H17N3O. The van der Waals surface area contributed by atoms with E-state index in [1.165, 1.54) is 0 Å². The first-order valence-electron chi connectivity index (χ1n) is 5.11. The molecule has 1 aromatic heterocycles. The maximum atomic E-state index is 11.3. The zero-order valence-electron chi connectivity index (χ0n) is 9.16. The number of carbonyl (C=O) groups excluding carboxylic acids is 1. The largest absolute Gasteiger partial charge is 0.349 e. The molecule has 15 heavy (non-hydrogen) atoms. The van der Waals surface area contributed by atoms with E-state index in [1.54, 1.807) is 13.1 Å². The first-order chi connectivity index (χ1) is 7.15. The van der Waals surface area contributed by atoms with E-state index in [-0.39, 0.29) is 5.91 Å². The Bertz CT molecular complexity index is 336. The molecule has 1 amide bonds. The van der Waals surface area contributed by atoms with Crippen LogP contribution < -0.4 is 11.1 Å². The molecule has 0 bridgehead atoms. The van der Waals surface area contributed by atoms with E-state index in [4.69, 9.17) is 5.73 Å². The molecule has 1 atom stereocenters. The maximum absolute atomic E-state index is 11.3. The topological polar surface area (TPSA) is 68.0 Å². The van der Waals surface area contributed by atoms with E-state index in [0.717, 1.165) is 17.7 Å². The van der Waals surface area contributed by atoms with Gasteiger partial charge >= 0.3 is 0 Å². The number of pyridine rings is 1. The lowest BCUT2D eigenvalue weighted by Gasteiger charge is -2.09. The first kappa shape index (κ1) is 11.7. The third-order valence-electron chi connectivity index (χ3n) is 2.21. The second-order valence-electron chi connectivity index (χ2n) is 3.47. The van der Waals surface area contributed by atoms with E-state index in [2.05, 4.69) is 17.2 Å². The van der Waals surface area contributed by atoms with E-state index in [0.29, 0.717) is 6.54 Å².